The van der Waals surface area contributed by atoms with Crippen LogP contribution in [0.5, 0.6) is 0 Å². The number of nitrogens with zero attached hydrogens (tertiary/aromatic N) is 6. The second-order valence-corrected chi connectivity index (χ2v) is 7.48. The fourth-order valence-corrected chi connectivity index (χ4v) is 3.34. The van der Waals surface area contributed by atoms with Gasteiger partial charge in [-0.1, -0.05) is 48.5 Å². The predicted octanol–water partition coefficient (Wildman–Crippen LogP) is 5.05. The van der Waals surface area contributed by atoms with Crippen molar-refractivity contribution in [1.82, 2.24) is 15.0 Å². The van der Waals surface area contributed by atoms with Crippen molar-refractivity contribution in [3.8, 4) is 6.07 Å². The van der Waals surface area contributed by atoms with Crippen LogP contribution in [0.2, 0.25) is 0 Å². The number of anilines is 5. The van der Waals surface area contributed by atoms with Gasteiger partial charge in [-0.15, -0.1) is 0 Å². The van der Waals surface area contributed by atoms with Crippen molar-refractivity contribution in [2.24, 2.45) is 0 Å². The van der Waals surface area contributed by atoms with E-state index < -0.39 is 0 Å². The number of hydrogen-bond donors (Lipinski definition) is 1. The largest absolute Gasteiger partial charge is 0.368 e. The number of benzene rings is 3. The Morgan fingerprint density at radius 3 is 1.85 bits per heavy atom. The molecule has 0 radical (unpaired) electrons. The van der Waals surface area contributed by atoms with E-state index in [1.54, 1.807) is 25.1 Å². The first-order valence-corrected chi connectivity index (χ1v) is 10.4. The van der Waals surface area contributed by atoms with E-state index in [2.05, 4.69) is 50.2 Å². The summed E-state index contributed by atoms with van der Waals surface area (Å²) >= 11 is 0. The Kier molecular flexibility index (Phi) is 6.28. The number of hydrogen-bond acceptors (Lipinski definition) is 7. The standard InChI is InChI=1S/C26H23N7/c1-32(2)26-30-24(29-25(28)31-26)20(18-27)17-19-13-15-23(16-14-19)33(21-9-5-3-6-10-21)22-11-7-4-8-12-22/h3-17H,1-2H3,(H2,28,29,30,31)/b20-17-. The quantitative estimate of drug-likeness (QED) is 0.425. The Hall–Kier alpha value is -4.70. The lowest BCUT2D eigenvalue weighted by atomic mass is 10.1. The lowest BCUT2D eigenvalue weighted by Gasteiger charge is -2.25. The van der Waals surface area contributed by atoms with Crippen LogP contribution < -0.4 is 15.5 Å². The summed E-state index contributed by atoms with van der Waals surface area (Å²) in [5.74, 6) is 0.713. The van der Waals surface area contributed by atoms with E-state index in [1.807, 2.05) is 60.7 Å². The molecule has 7 nitrogen and oxygen atoms in total. The molecule has 0 unspecified atom stereocenters. The summed E-state index contributed by atoms with van der Waals surface area (Å²) in [7, 11) is 3.61. The summed E-state index contributed by atoms with van der Waals surface area (Å²) in [6, 6.07) is 30.5. The maximum atomic E-state index is 9.72. The molecule has 33 heavy (non-hydrogen) atoms. The Morgan fingerprint density at radius 1 is 0.788 bits per heavy atom. The fourth-order valence-electron chi connectivity index (χ4n) is 3.34. The molecule has 0 bridgehead atoms. The van der Waals surface area contributed by atoms with Crippen LogP contribution in [0.1, 0.15) is 11.4 Å². The average molecular weight is 434 g/mol. The van der Waals surface area contributed by atoms with Gasteiger partial charge in [0, 0.05) is 31.2 Å². The van der Waals surface area contributed by atoms with E-state index in [4.69, 9.17) is 5.73 Å². The highest BCUT2D eigenvalue weighted by Crippen LogP contribution is 2.34. The zero-order valence-electron chi connectivity index (χ0n) is 18.4. The van der Waals surface area contributed by atoms with Gasteiger partial charge in [-0.2, -0.15) is 20.2 Å². The summed E-state index contributed by atoms with van der Waals surface area (Å²) in [5, 5.41) is 9.72. The molecule has 0 fully saturated rings. The second-order valence-electron chi connectivity index (χ2n) is 7.48. The minimum atomic E-state index is 0.0709. The molecule has 7 heteroatoms. The molecule has 0 aliphatic heterocycles. The van der Waals surface area contributed by atoms with Crippen molar-refractivity contribution >= 4 is 40.6 Å². The van der Waals surface area contributed by atoms with Gasteiger partial charge in [0.1, 0.15) is 6.07 Å². The van der Waals surface area contributed by atoms with Gasteiger partial charge < -0.3 is 15.5 Å². The van der Waals surface area contributed by atoms with E-state index in [0.29, 0.717) is 11.5 Å². The molecular weight excluding hydrogens is 410 g/mol. The zero-order valence-corrected chi connectivity index (χ0v) is 18.4. The highest BCUT2D eigenvalue weighted by atomic mass is 15.3. The van der Waals surface area contributed by atoms with Gasteiger partial charge in [-0.05, 0) is 48.0 Å². The summed E-state index contributed by atoms with van der Waals surface area (Å²) in [4.78, 5) is 16.5. The molecule has 162 valence electrons. The molecule has 1 aromatic heterocycles. The molecule has 0 aliphatic rings. The normalized spacial score (nSPS) is 11.0. The van der Waals surface area contributed by atoms with Crippen LogP contribution >= 0.6 is 0 Å². The van der Waals surface area contributed by atoms with Crippen molar-refractivity contribution in [3.05, 3.63) is 96.3 Å². The third-order valence-corrected chi connectivity index (χ3v) is 4.89. The van der Waals surface area contributed by atoms with Gasteiger partial charge in [-0.25, -0.2) is 0 Å². The molecular formula is C26H23N7. The topological polar surface area (TPSA) is 95.0 Å². The first kappa shape index (κ1) is 21.5. The van der Waals surface area contributed by atoms with Crippen LogP contribution in [0.25, 0.3) is 11.6 Å². The third-order valence-electron chi connectivity index (χ3n) is 4.89. The Morgan fingerprint density at radius 2 is 1.33 bits per heavy atom. The minimum absolute atomic E-state index is 0.0709. The first-order chi connectivity index (χ1) is 16.0. The number of nitriles is 1. The second kappa shape index (κ2) is 9.62. The van der Waals surface area contributed by atoms with Crippen LogP contribution in [0.4, 0.5) is 29.0 Å². The lowest BCUT2D eigenvalue weighted by Crippen LogP contribution is -2.15. The maximum Gasteiger partial charge on any atom is 0.230 e. The molecule has 4 rings (SSSR count). The molecule has 0 saturated carbocycles. The van der Waals surface area contributed by atoms with Crippen molar-refractivity contribution in [2.45, 2.75) is 0 Å². The highest BCUT2D eigenvalue weighted by Gasteiger charge is 2.13. The number of allylic oxidation sites excluding steroid dienone is 1. The van der Waals surface area contributed by atoms with E-state index in [-0.39, 0.29) is 11.8 Å². The molecule has 0 amide bonds. The molecule has 2 N–H and O–H groups in total. The predicted molar refractivity (Wildman–Crippen MR) is 133 cm³/mol. The average Bonchev–Trinajstić information content (AvgIpc) is 2.84. The van der Waals surface area contributed by atoms with Crippen molar-refractivity contribution in [2.75, 3.05) is 29.6 Å². The van der Waals surface area contributed by atoms with E-state index in [0.717, 1.165) is 22.6 Å². The van der Waals surface area contributed by atoms with E-state index >= 15 is 0 Å². The molecule has 3 aromatic carbocycles. The van der Waals surface area contributed by atoms with Crippen LogP contribution in [0.15, 0.2) is 84.9 Å². The SMILES string of the molecule is CN(C)c1nc(N)nc(/C(C#N)=C\c2ccc(N(c3ccccc3)c3ccccc3)cc2)n1. The van der Waals surface area contributed by atoms with E-state index in [1.165, 1.54) is 0 Å². The Labute approximate surface area is 193 Å². The fraction of sp³-hybridized carbons (Fsp3) is 0.0769. The van der Waals surface area contributed by atoms with Crippen LogP contribution in [-0.4, -0.2) is 29.0 Å². The monoisotopic (exact) mass is 433 g/mol. The Balaban J connectivity index is 1.70. The summed E-state index contributed by atoms with van der Waals surface area (Å²) in [6.45, 7) is 0. The van der Waals surface area contributed by atoms with Gasteiger partial charge in [0.15, 0.2) is 5.82 Å². The lowest BCUT2D eigenvalue weighted by molar-refractivity contribution is 0.952. The van der Waals surface area contributed by atoms with Gasteiger partial charge in [-0.3, -0.25) is 0 Å². The zero-order chi connectivity index (χ0) is 23.2. The van der Waals surface area contributed by atoms with Crippen molar-refractivity contribution in [3.63, 3.8) is 0 Å². The molecule has 0 saturated heterocycles. The van der Waals surface area contributed by atoms with Crippen LogP contribution in [-0.2, 0) is 0 Å². The molecule has 1 heterocycles. The summed E-state index contributed by atoms with van der Waals surface area (Å²) in [5.41, 5.74) is 10.1. The third kappa shape index (κ3) is 4.97. The number of nitrogens with two attached hydrogens (primary N) is 1. The van der Waals surface area contributed by atoms with Crippen molar-refractivity contribution < 1.29 is 0 Å². The molecule has 4 aromatic rings. The molecule has 0 spiro atoms. The van der Waals surface area contributed by atoms with Crippen LogP contribution in [0, 0.1) is 11.3 Å². The van der Waals surface area contributed by atoms with Gasteiger partial charge >= 0.3 is 0 Å². The Bertz CT molecular complexity index is 1250. The van der Waals surface area contributed by atoms with Gasteiger partial charge in [0.05, 0.1) is 5.57 Å². The molecule has 0 atom stereocenters. The number of rotatable bonds is 6. The summed E-state index contributed by atoms with van der Waals surface area (Å²) in [6.07, 6.45) is 1.74. The minimum Gasteiger partial charge on any atom is -0.368 e. The van der Waals surface area contributed by atoms with Crippen LogP contribution in [0.3, 0.4) is 0 Å². The summed E-state index contributed by atoms with van der Waals surface area (Å²) < 4.78 is 0. The first-order valence-electron chi connectivity index (χ1n) is 10.4. The number of nitrogen functional groups attached to an aromatic ring is 1. The maximum absolute atomic E-state index is 9.72. The number of para-hydroxylation sites is 2. The number of aromatic nitrogens is 3. The van der Waals surface area contributed by atoms with Gasteiger partial charge in [0.2, 0.25) is 11.9 Å². The van der Waals surface area contributed by atoms with Gasteiger partial charge in [0.25, 0.3) is 0 Å². The highest BCUT2D eigenvalue weighted by molar-refractivity contribution is 5.88. The van der Waals surface area contributed by atoms with E-state index in [9.17, 15) is 5.26 Å². The van der Waals surface area contributed by atoms with Crippen molar-refractivity contribution in [1.29, 1.82) is 5.26 Å². The molecule has 0 aliphatic carbocycles. The smallest absolute Gasteiger partial charge is 0.230 e.